The number of hydrogen-bond donors (Lipinski definition) is 1. The maximum Gasteiger partial charge on any atom is 0.241 e. The van der Waals surface area contributed by atoms with Gasteiger partial charge in [-0.1, -0.05) is 23.7 Å². The van der Waals surface area contributed by atoms with Gasteiger partial charge >= 0.3 is 0 Å². The fourth-order valence-electron chi connectivity index (χ4n) is 2.80. The summed E-state index contributed by atoms with van der Waals surface area (Å²) in [5.41, 5.74) is 1.15. The molecule has 1 aliphatic rings. The second-order valence-corrected chi connectivity index (χ2v) is 6.21. The minimum Gasteiger partial charge on any atom is -0.376 e. The minimum absolute atomic E-state index is 0.0101. The van der Waals surface area contributed by atoms with E-state index in [9.17, 15) is 13.6 Å². The van der Waals surface area contributed by atoms with Crippen LogP contribution in [0.4, 0.5) is 20.2 Å². The number of benzene rings is 2. The van der Waals surface area contributed by atoms with Crippen LogP contribution in [0.1, 0.15) is 0 Å². The van der Waals surface area contributed by atoms with E-state index >= 15 is 0 Å². The van der Waals surface area contributed by atoms with Crippen LogP contribution in [-0.2, 0) is 4.79 Å². The normalized spacial score (nSPS) is 14.5. The van der Waals surface area contributed by atoms with Gasteiger partial charge in [0.05, 0.1) is 17.3 Å². The third-order valence-corrected chi connectivity index (χ3v) is 4.48. The van der Waals surface area contributed by atoms with Crippen LogP contribution in [0, 0.1) is 11.6 Å². The highest BCUT2D eigenvalue weighted by atomic mass is 35.5. The van der Waals surface area contributed by atoms with Crippen LogP contribution in [0.5, 0.6) is 0 Å². The lowest BCUT2D eigenvalue weighted by Gasteiger charge is -2.36. The van der Waals surface area contributed by atoms with Crippen molar-refractivity contribution in [2.24, 2.45) is 0 Å². The highest BCUT2D eigenvalue weighted by molar-refractivity contribution is 6.31. The number of amides is 1. The summed E-state index contributed by atoms with van der Waals surface area (Å²) in [7, 11) is 0. The number of piperazine rings is 1. The minimum atomic E-state index is -0.497. The molecule has 1 N–H and O–H groups in total. The lowest BCUT2D eigenvalue weighted by molar-refractivity contribution is -0.129. The maximum absolute atomic E-state index is 13.8. The third-order valence-electron chi connectivity index (χ3n) is 4.19. The van der Waals surface area contributed by atoms with Gasteiger partial charge in [-0.3, -0.25) is 4.79 Å². The Hall–Kier alpha value is -2.34. The van der Waals surface area contributed by atoms with Crippen LogP contribution >= 0.6 is 11.6 Å². The van der Waals surface area contributed by atoms with E-state index in [0.29, 0.717) is 37.6 Å². The van der Waals surface area contributed by atoms with Crippen molar-refractivity contribution in [1.29, 1.82) is 0 Å². The Kier molecular flexibility index (Phi) is 5.38. The predicted octanol–water partition coefficient (Wildman–Crippen LogP) is 3.38. The topological polar surface area (TPSA) is 35.6 Å². The molecule has 0 saturated carbocycles. The molecule has 1 aliphatic heterocycles. The van der Waals surface area contributed by atoms with E-state index in [4.69, 9.17) is 11.6 Å². The molecule has 0 unspecified atom stereocenters. The number of hydrogen-bond acceptors (Lipinski definition) is 3. The molecular formula is C18H18ClF2N3O. The second kappa shape index (κ2) is 7.70. The molecule has 0 atom stereocenters. The SMILES string of the molecule is O=C(CNc1ccc(F)c(Cl)c1)N1CCN(c2ccccc2F)CC1. The smallest absolute Gasteiger partial charge is 0.241 e. The van der Waals surface area contributed by atoms with Crippen LogP contribution in [0.2, 0.25) is 5.02 Å². The van der Waals surface area contributed by atoms with Crippen molar-refractivity contribution >= 4 is 28.9 Å². The Labute approximate surface area is 150 Å². The van der Waals surface area contributed by atoms with Gasteiger partial charge in [-0.05, 0) is 30.3 Å². The Morgan fingerprint density at radius 1 is 1.04 bits per heavy atom. The van der Waals surface area contributed by atoms with Crippen molar-refractivity contribution in [3.63, 3.8) is 0 Å². The number of carbonyl (C=O) groups is 1. The summed E-state index contributed by atoms with van der Waals surface area (Å²) in [6, 6.07) is 10.9. The van der Waals surface area contributed by atoms with Crippen molar-refractivity contribution in [3.05, 3.63) is 59.1 Å². The highest BCUT2D eigenvalue weighted by Gasteiger charge is 2.22. The van der Waals surface area contributed by atoms with Crippen LogP contribution in [0.15, 0.2) is 42.5 Å². The molecule has 2 aromatic rings. The van der Waals surface area contributed by atoms with Gasteiger partial charge in [-0.25, -0.2) is 8.78 Å². The Bertz CT molecular complexity index is 764. The van der Waals surface area contributed by atoms with Crippen molar-refractivity contribution in [1.82, 2.24) is 4.90 Å². The maximum atomic E-state index is 13.8. The molecule has 25 heavy (non-hydrogen) atoms. The fourth-order valence-corrected chi connectivity index (χ4v) is 2.98. The van der Waals surface area contributed by atoms with E-state index in [1.165, 1.54) is 24.3 Å². The molecule has 0 aliphatic carbocycles. The molecule has 3 rings (SSSR count). The predicted molar refractivity (Wildman–Crippen MR) is 95.1 cm³/mol. The number of para-hydroxylation sites is 1. The molecule has 0 aromatic heterocycles. The van der Waals surface area contributed by atoms with Gasteiger partial charge in [0, 0.05) is 31.9 Å². The summed E-state index contributed by atoms with van der Waals surface area (Å²) in [6.45, 7) is 2.31. The van der Waals surface area contributed by atoms with Crippen LogP contribution in [0.25, 0.3) is 0 Å². The molecule has 7 heteroatoms. The molecule has 2 aromatic carbocycles. The summed E-state index contributed by atoms with van der Waals surface area (Å²) in [5, 5.41) is 2.96. The van der Waals surface area contributed by atoms with Crippen molar-refractivity contribution in [3.8, 4) is 0 Å². The van der Waals surface area contributed by atoms with Gasteiger partial charge in [0.1, 0.15) is 11.6 Å². The van der Waals surface area contributed by atoms with Crippen molar-refractivity contribution in [2.75, 3.05) is 42.9 Å². The summed E-state index contributed by atoms with van der Waals surface area (Å²) in [4.78, 5) is 16.0. The first-order chi connectivity index (χ1) is 12.0. The standard InChI is InChI=1S/C18H18ClF2N3O/c19-14-11-13(5-6-15(14)20)22-12-18(25)24-9-7-23(8-10-24)17-4-2-1-3-16(17)21/h1-6,11,22H,7-10,12H2. The zero-order valence-corrected chi connectivity index (χ0v) is 14.3. The number of anilines is 2. The molecule has 1 saturated heterocycles. The number of halogens is 3. The molecule has 0 radical (unpaired) electrons. The summed E-state index contributed by atoms with van der Waals surface area (Å²) >= 11 is 5.72. The van der Waals surface area contributed by atoms with Crippen LogP contribution < -0.4 is 10.2 Å². The molecule has 1 fully saturated rings. The number of nitrogens with zero attached hydrogens (tertiary/aromatic N) is 2. The fraction of sp³-hybridized carbons (Fsp3) is 0.278. The van der Waals surface area contributed by atoms with E-state index in [-0.39, 0.29) is 23.3 Å². The summed E-state index contributed by atoms with van der Waals surface area (Å²) in [5.74, 6) is -0.812. The third kappa shape index (κ3) is 4.20. The summed E-state index contributed by atoms with van der Waals surface area (Å²) in [6.07, 6.45) is 0. The number of carbonyl (C=O) groups excluding carboxylic acids is 1. The molecule has 0 bridgehead atoms. The number of rotatable bonds is 4. The van der Waals surface area contributed by atoms with Crippen molar-refractivity contribution < 1.29 is 13.6 Å². The van der Waals surface area contributed by atoms with Gasteiger partial charge in [0.25, 0.3) is 0 Å². The lowest BCUT2D eigenvalue weighted by atomic mass is 10.2. The zero-order chi connectivity index (χ0) is 17.8. The van der Waals surface area contributed by atoms with E-state index < -0.39 is 5.82 Å². The quantitative estimate of drug-likeness (QED) is 0.902. The van der Waals surface area contributed by atoms with Crippen LogP contribution in [-0.4, -0.2) is 43.5 Å². The molecular weight excluding hydrogens is 348 g/mol. The zero-order valence-electron chi connectivity index (χ0n) is 13.5. The average Bonchev–Trinajstić information content (AvgIpc) is 2.63. The van der Waals surface area contributed by atoms with E-state index in [1.807, 2.05) is 4.90 Å². The van der Waals surface area contributed by atoms with Crippen molar-refractivity contribution in [2.45, 2.75) is 0 Å². The van der Waals surface area contributed by atoms with Gasteiger partial charge < -0.3 is 15.1 Å². The first-order valence-corrected chi connectivity index (χ1v) is 8.38. The van der Waals surface area contributed by atoms with Gasteiger partial charge in [-0.2, -0.15) is 0 Å². The van der Waals surface area contributed by atoms with Crippen LogP contribution in [0.3, 0.4) is 0 Å². The average molecular weight is 366 g/mol. The molecule has 0 spiro atoms. The largest absolute Gasteiger partial charge is 0.376 e. The lowest BCUT2D eigenvalue weighted by Crippen LogP contribution is -2.50. The Morgan fingerprint density at radius 3 is 2.44 bits per heavy atom. The monoisotopic (exact) mass is 365 g/mol. The first kappa shape index (κ1) is 17.5. The van der Waals surface area contributed by atoms with Gasteiger partial charge in [-0.15, -0.1) is 0 Å². The van der Waals surface area contributed by atoms with Gasteiger partial charge in [0.2, 0.25) is 5.91 Å². The molecule has 1 amide bonds. The Balaban J connectivity index is 1.51. The first-order valence-electron chi connectivity index (χ1n) is 8.01. The van der Waals surface area contributed by atoms with E-state index in [1.54, 1.807) is 23.1 Å². The van der Waals surface area contributed by atoms with E-state index in [2.05, 4.69) is 5.32 Å². The van der Waals surface area contributed by atoms with E-state index in [0.717, 1.165) is 0 Å². The molecule has 4 nitrogen and oxygen atoms in total. The highest BCUT2D eigenvalue weighted by Crippen LogP contribution is 2.21. The summed E-state index contributed by atoms with van der Waals surface area (Å²) < 4.78 is 27.0. The number of nitrogens with one attached hydrogen (secondary N) is 1. The molecule has 1 heterocycles. The molecule has 132 valence electrons. The second-order valence-electron chi connectivity index (χ2n) is 5.80. The van der Waals surface area contributed by atoms with Gasteiger partial charge in [0.15, 0.2) is 0 Å². The Morgan fingerprint density at radius 2 is 1.76 bits per heavy atom.